The molecule has 1 atom stereocenters. The number of benzene rings is 2. The first kappa shape index (κ1) is 16.6. The summed E-state index contributed by atoms with van der Waals surface area (Å²) in [7, 11) is 0. The number of halogens is 1. The second-order valence-corrected chi connectivity index (χ2v) is 7.35. The van der Waals surface area contributed by atoms with Crippen LogP contribution in [0.5, 0.6) is 0 Å². The lowest BCUT2D eigenvalue weighted by molar-refractivity contribution is 0.191. The maximum absolute atomic E-state index is 5.95. The summed E-state index contributed by atoms with van der Waals surface area (Å²) in [5, 5.41) is 0.768. The smallest absolute Gasteiger partial charge is 0.0630 e. The fraction of sp³-hybridized carbons (Fsp3) is 0.381. The number of hydrogen-bond donors (Lipinski definition) is 0. The third kappa shape index (κ3) is 4.05. The van der Waals surface area contributed by atoms with Gasteiger partial charge in [0.05, 0.1) is 5.69 Å². The molecule has 1 heterocycles. The molecule has 130 valence electrons. The Morgan fingerprint density at radius 2 is 1.60 bits per heavy atom. The van der Waals surface area contributed by atoms with Gasteiger partial charge < -0.3 is 4.90 Å². The molecule has 3 nitrogen and oxygen atoms in total. The van der Waals surface area contributed by atoms with Crippen molar-refractivity contribution in [3.63, 3.8) is 0 Å². The van der Waals surface area contributed by atoms with Crippen molar-refractivity contribution in [1.29, 1.82) is 0 Å². The molecule has 0 bridgehead atoms. The summed E-state index contributed by atoms with van der Waals surface area (Å²) in [6, 6.07) is 19.2. The lowest BCUT2D eigenvalue weighted by Crippen LogP contribution is -2.49. The minimum atomic E-state index is 0.656. The zero-order valence-corrected chi connectivity index (χ0v) is 15.2. The van der Waals surface area contributed by atoms with Crippen molar-refractivity contribution in [2.75, 3.05) is 31.1 Å². The number of rotatable bonds is 3. The molecule has 0 N–H and O–H groups in total. The highest BCUT2D eigenvalue weighted by molar-refractivity contribution is 6.30. The molecule has 2 aliphatic rings. The van der Waals surface area contributed by atoms with Crippen molar-refractivity contribution in [1.82, 2.24) is 4.90 Å². The summed E-state index contributed by atoms with van der Waals surface area (Å²) in [5.41, 5.74) is 3.70. The first-order valence-corrected chi connectivity index (χ1v) is 9.52. The van der Waals surface area contributed by atoms with Crippen LogP contribution in [0.2, 0.25) is 5.02 Å². The Morgan fingerprint density at radius 1 is 0.880 bits per heavy atom. The van der Waals surface area contributed by atoms with Crippen molar-refractivity contribution in [3.05, 3.63) is 59.6 Å². The molecular formula is C21H24ClN3. The minimum Gasteiger partial charge on any atom is -0.369 e. The largest absolute Gasteiger partial charge is 0.369 e. The molecule has 1 unspecified atom stereocenters. The van der Waals surface area contributed by atoms with E-state index in [1.54, 1.807) is 0 Å². The topological polar surface area (TPSA) is 18.8 Å². The molecule has 0 aromatic heterocycles. The summed E-state index contributed by atoms with van der Waals surface area (Å²) in [6.07, 6.45) is 3.46. The Kier molecular flexibility index (Phi) is 5.04. The van der Waals surface area contributed by atoms with Crippen molar-refractivity contribution < 1.29 is 0 Å². The van der Waals surface area contributed by atoms with Gasteiger partial charge >= 0.3 is 0 Å². The van der Waals surface area contributed by atoms with Crippen LogP contribution in [0.25, 0.3) is 0 Å². The zero-order chi connectivity index (χ0) is 17.1. The number of piperazine rings is 1. The second-order valence-electron chi connectivity index (χ2n) is 6.91. The van der Waals surface area contributed by atoms with Gasteiger partial charge in [0.2, 0.25) is 0 Å². The van der Waals surface area contributed by atoms with Gasteiger partial charge in [-0.1, -0.05) is 29.8 Å². The maximum atomic E-state index is 5.95. The molecule has 2 fully saturated rings. The van der Waals surface area contributed by atoms with Crippen molar-refractivity contribution >= 4 is 28.7 Å². The highest BCUT2D eigenvalue weighted by Crippen LogP contribution is 2.27. The monoisotopic (exact) mass is 353 g/mol. The average molecular weight is 354 g/mol. The standard InChI is InChI=1S/C21H24ClN3/c22-17-6-8-18(9-7-17)23-19-10-11-21(16-19)25-14-12-24(13-15-25)20-4-2-1-3-5-20/h1-9,21H,10-16H2. The van der Waals surface area contributed by atoms with E-state index in [1.165, 1.54) is 17.8 Å². The van der Waals surface area contributed by atoms with Crippen molar-refractivity contribution in [2.24, 2.45) is 4.99 Å². The molecule has 2 aromatic carbocycles. The Balaban J connectivity index is 1.33. The van der Waals surface area contributed by atoms with Crippen molar-refractivity contribution in [2.45, 2.75) is 25.3 Å². The van der Waals surface area contributed by atoms with Crippen LogP contribution in [-0.2, 0) is 0 Å². The molecule has 0 amide bonds. The average Bonchev–Trinajstić information content (AvgIpc) is 3.13. The Morgan fingerprint density at radius 3 is 2.32 bits per heavy atom. The maximum Gasteiger partial charge on any atom is 0.0630 e. The number of nitrogens with zero attached hydrogens (tertiary/aromatic N) is 3. The van der Waals surface area contributed by atoms with E-state index in [1.807, 2.05) is 24.3 Å². The summed E-state index contributed by atoms with van der Waals surface area (Å²) in [4.78, 5) is 9.98. The molecule has 2 aromatic rings. The van der Waals surface area contributed by atoms with E-state index in [4.69, 9.17) is 16.6 Å². The predicted octanol–water partition coefficient (Wildman–Crippen LogP) is 4.79. The molecule has 1 aliphatic heterocycles. The molecule has 0 spiro atoms. The molecular weight excluding hydrogens is 330 g/mol. The molecule has 1 aliphatic carbocycles. The zero-order valence-electron chi connectivity index (χ0n) is 14.4. The van der Waals surface area contributed by atoms with Gasteiger partial charge in [0, 0.05) is 55.1 Å². The molecule has 1 saturated heterocycles. The summed E-state index contributed by atoms with van der Waals surface area (Å²) in [5.74, 6) is 0. The van der Waals surface area contributed by atoms with E-state index >= 15 is 0 Å². The van der Waals surface area contributed by atoms with Crippen LogP contribution in [0.4, 0.5) is 11.4 Å². The highest BCUT2D eigenvalue weighted by Gasteiger charge is 2.29. The first-order chi connectivity index (χ1) is 12.3. The van der Waals surface area contributed by atoms with Gasteiger partial charge in [0.15, 0.2) is 0 Å². The van der Waals surface area contributed by atoms with Crippen LogP contribution < -0.4 is 4.90 Å². The number of para-hydroxylation sites is 1. The number of anilines is 1. The van der Waals surface area contributed by atoms with Crippen LogP contribution in [0, 0.1) is 0 Å². The van der Waals surface area contributed by atoms with Gasteiger partial charge in [-0.15, -0.1) is 0 Å². The van der Waals surface area contributed by atoms with E-state index in [2.05, 4.69) is 40.1 Å². The van der Waals surface area contributed by atoms with Crippen LogP contribution >= 0.6 is 11.6 Å². The lowest BCUT2D eigenvalue weighted by Gasteiger charge is -2.39. The van der Waals surface area contributed by atoms with Crippen LogP contribution in [0.3, 0.4) is 0 Å². The molecule has 0 radical (unpaired) electrons. The van der Waals surface area contributed by atoms with Crippen LogP contribution in [-0.4, -0.2) is 42.8 Å². The molecule has 1 saturated carbocycles. The van der Waals surface area contributed by atoms with Gasteiger partial charge in [-0.05, 0) is 49.2 Å². The first-order valence-electron chi connectivity index (χ1n) is 9.14. The number of aliphatic imine (C=N–C) groups is 1. The Bertz CT molecular complexity index is 719. The van der Waals surface area contributed by atoms with Gasteiger partial charge in [-0.25, -0.2) is 0 Å². The fourth-order valence-corrected chi connectivity index (χ4v) is 4.03. The number of hydrogen-bond acceptors (Lipinski definition) is 3. The Labute approximate surface area is 154 Å². The third-order valence-corrected chi connectivity index (χ3v) is 5.56. The van der Waals surface area contributed by atoms with E-state index < -0.39 is 0 Å². The molecule has 4 rings (SSSR count). The van der Waals surface area contributed by atoms with E-state index in [0.717, 1.165) is 49.7 Å². The second kappa shape index (κ2) is 7.59. The van der Waals surface area contributed by atoms with Crippen LogP contribution in [0.15, 0.2) is 59.6 Å². The quantitative estimate of drug-likeness (QED) is 0.790. The molecule has 4 heteroatoms. The summed E-state index contributed by atoms with van der Waals surface area (Å²) >= 11 is 5.95. The Hall–Kier alpha value is -1.84. The predicted molar refractivity (Wildman–Crippen MR) is 106 cm³/mol. The van der Waals surface area contributed by atoms with E-state index in [-0.39, 0.29) is 0 Å². The van der Waals surface area contributed by atoms with Crippen molar-refractivity contribution in [3.8, 4) is 0 Å². The van der Waals surface area contributed by atoms with Gasteiger partial charge in [0.25, 0.3) is 0 Å². The van der Waals surface area contributed by atoms with Gasteiger partial charge in [-0.3, -0.25) is 9.89 Å². The van der Waals surface area contributed by atoms with Gasteiger partial charge in [-0.2, -0.15) is 0 Å². The summed E-state index contributed by atoms with van der Waals surface area (Å²) < 4.78 is 0. The van der Waals surface area contributed by atoms with E-state index in [9.17, 15) is 0 Å². The van der Waals surface area contributed by atoms with Gasteiger partial charge in [0.1, 0.15) is 0 Å². The van der Waals surface area contributed by atoms with E-state index in [0.29, 0.717) is 6.04 Å². The lowest BCUT2D eigenvalue weighted by atomic mass is 10.1. The summed E-state index contributed by atoms with van der Waals surface area (Å²) in [6.45, 7) is 4.52. The fourth-order valence-electron chi connectivity index (χ4n) is 3.90. The normalized spacial score (nSPS) is 23.3. The van der Waals surface area contributed by atoms with Crippen LogP contribution in [0.1, 0.15) is 19.3 Å². The minimum absolute atomic E-state index is 0.656. The molecule has 25 heavy (non-hydrogen) atoms. The SMILES string of the molecule is Clc1ccc(N=C2CCC(N3CCN(c4ccccc4)CC3)C2)cc1. The highest BCUT2D eigenvalue weighted by atomic mass is 35.5. The third-order valence-electron chi connectivity index (χ3n) is 5.30.